The molecule has 1 aromatic carbocycles. The number of benzene rings is 1. The first-order valence-electron chi connectivity index (χ1n) is 6.31. The maximum Gasteiger partial charge on any atom is 0.131 e. The highest BCUT2D eigenvalue weighted by atomic mass is 16.3. The van der Waals surface area contributed by atoms with Gasteiger partial charge in [-0.1, -0.05) is 18.2 Å². The van der Waals surface area contributed by atoms with Crippen LogP contribution in [-0.4, -0.2) is 10.2 Å². The molecule has 20 heavy (non-hydrogen) atoms. The van der Waals surface area contributed by atoms with Crippen molar-refractivity contribution in [1.82, 2.24) is 10.2 Å². The highest BCUT2D eigenvalue weighted by Gasteiger charge is 2.13. The Bertz CT molecular complexity index is 740. The average molecular weight is 266 g/mol. The van der Waals surface area contributed by atoms with E-state index in [-0.39, 0.29) is 0 Å². The molecule has 0 aliphatic heterocycles. The van der Waals surface area contributed by atoms with Gasteiger partial charge in [-0.25, -0.2) is 0 Å². The Morgan fingerprint density at radius 2 is 1.90 bits per heavy atom. The van der Waals surface area contributed by atoms with E-state index in [1.54, 1.807) is 6.20 Å². The number of H-pyrrole nitrogens is 1. The van der Waals surface area contributed by atoms with E-state index in [0.717, 1.165) is 28.5 Å². The molecule has 3 rings (SSSR count). The van der Waals surface area contributed by atoms with Crippen LogP contribution in [0.4, 0.5) is 11.4 Å². The van der Waals surface area contributed by atoms with Gasteiger partial charge in [-0.2, -0.15) is 10.2 Å². The molecule has 5 nitrogen and oxygen atoms in total. The molecule has 0 amide bonds. The number of hydrogen-bond acceptors (Lipinski definition) is 4. The molecule has 0 bridgehead atoms. The maximum atomic E-state index is 5.54. The van der Waals surface area contributed by atoms with Crippen LogP contribution >= 0.6 is 0 Å². The summed E-state index contributed by atoms with van der Waals surface area (Å²) in [6.45, 7) is 3.83. The predicted molar refractivity (Wildman–Crippen MR) is 76.4 cm³/mol. The molecule has 0 radical (unpaired) electrons. The number of hydrogen-bond donors (Lipinski definition) is 1. The third kappa shape index (κ3) is 2.38. The molecule has 3 aromatic rings. The summed E-state index contributed by atoms with van der Waals surface area (Å²) in [7, 11) is 0. The Labute approximate surface area is 116 Å². The van der Waals surface area contributed by atoms with Crippen molar-refractivity contribution in [1.29, 1.82) is 0 Å². The SMILES string of the molecule is Cc1cc(-c2[nH]ncc2N=Nc2ccccc2)c(C)o1. The van der Waals surface area contributed by atoms with Gasteiger partial charge in [-0.05, 0) is 32.0 Å². The molecular weight excluding hydrogens is 252 g/mol. The number of nitrogens with one attached hydrogen (secondary N) is 1. The van der Waals surface area contributed by atoms with Gasteiger partial charge in [0, 0.05) is 5.56 Å². The van der Waals surface area contributed by atoms with Crippen molar-refractivity contribution < 1.29 is 4.42 Å². The first kappa shape index (κ1) is 12.3. The lowest BCUT2D eigenvalue weighted by Gasteiger charge is -1.96. The first-order chi connectivity index (χ1) is 9.74. The zero-order valence-electron chi connectivity index (χ0n) is 11.3. The number of aryl methyl sites for hydroxylation is 2. The summed E-state index contributed by atoms with van der Waals surface area (Å²) in [5, 5.41) is 15.4. The van der Waals surface area contributed by atoms with E-state index in [4.69, 9.17) is 4.42 Å². The van der Waals surface area contributed by atoms with Crippen molar-refractivity contribution in [2.24, 2.45) is 10.2 Å². The third-order valence-corrected chi connectivity index (χ3v) is 2.96. The van der Waals surface area contributed by atoms with Gasteiger partial charge in [-0.3, -0.25) is 5.10 Å². The Balaban J connectivity index is 1.95. The normalized spacial score (nSPS) is 11.3. The Morgan fingerprint density at radius 3 is 2.60 bits per heavy atom. The summed E-state index contributed by atoms with van der Waals surface area (Å²) in [6, 6.07) is 11.6. The van der Waals surface area contributed by atoms with E-state index < -0.39 is 0 Å². The van der Waals surface area contributed by atoms with Gasteiger partial charge in [-0.15, -0.1) is 5.11 Å². The molecule has 1 N–H and O–H groups in total. The summed E-state index contributed by atoms with van der Waals surface area (Å²) in [6.07, 6.45) is 1.66. The van der Waals surface area contributed by atoms with E-state index in [1.165, 1.54) is 0 Å². The van der Waals surface area contributed by atoms with Crippen molar-refractivity contribution in [3.8, 4) is 11.3 Å². The van der Waals surface area contributed by atoms with Crippen LogP contribution in [0.1, 0.15) is 11.5 Å². The average Bonchev–Trinajstić information content (AvgIpc) is 3.03. The van der Waals surface area contributed by atoms with E-state index >= 15 is 0 Å². The molecule has 2 aromatic heterocycles. The molecule has 0 saturated carbocycles. The predicted octanol–water partition coefficient (Wildman–Crippen LogP) is 4.70. The molecule has 5 heteroatoms. The largest absolute Gasteiger partial charge is 0.466 e. The minimum Gasteiger partial charge on any atom is -0.466 e. The van der Waals surface area contributed by atoms with Gasteiger partial charge in [0.15, 0.2) is 0 Å². The fourth-order valence-corrected chi connectivity index (χ4v) is 2.04. The second kappa shape index (κ2) is 5.13. The van der Waals surface area contributed by atoms with Crippen LogP contribution < -0.4 is 0 Å². The van der Waals surface area contributed by atoms with Crippen molar-refractivity contribution in [3.05, 3.63) is 54.1 Å². The smallest absolute Gasteiger partial charge is 0.131 e. The Hall–Kier alpha value is -2.69. The number of nitrogens with zero attached hydrogens (tertiary/aromatic N) is 3. The molecule has 0 saturated heterocycles. The molecular formula is C15H14N4O. The van der Waals surface area contributed by atoms with Crippen LogP contribution in [0, 0.1) is 13.8 Å². The van der Waals surface area contributed by atoms with Crippen LogP contribution in [-0.2, 0) is 0 Å². The molecule has 2 heterocycles. The monoisotopic (exact) mass is 266 g/mol. The van der Waals surface area contributed by atoms with Gasteiger partial charge >= 0.3 is 0 Å². The summed E-state index contributed by atoms with van der Waals surface area (Å²) < 4.78 is 5.54. The molecule has 0 fully saturated rings. The maximum absolute atomic E-state index is 5.54. The topological polar surface area (TPSA) is 66.5 Å². The second-order valence-corrected chi connectivity index (χ2v) is 4.49. The minimum absolute atomic E-state index is 0.692. The number of furan rings is 1. The van der Waals surface area contributed by atoms with Gasteiger partial charge < -0.3 is 4.42 Å². The van der Waals surface area contributed by atoms with Crippen LogP contribution in [0.3, 0.4) is 0 Å². The van der Waals surface area contributed by atoms with Crippen LogP contribution in [0.15, 0.2) is 57.2 Å². The summed E-state index contributed by atoms with van der Waals surface area (Å²) in [4.78, 5) is 0. The van der Waals surface area contributed by atoms with Gasteiger partial charge in [0.25, 0.3) is 0 Å². The highest BCUT2D eigenvalue weighted by molar-refractivity contribution is 5.73. The fourth-order valence-electron chi connectivity index (χ4n) is 2.04. The fraction of sp³-hybridized carbons (Fsp3) is 0.133. The van der Waals surface area contributed by atoms with Crippen LogP contribution in [0.25, 0.3) is 11.3 Å². The third-order valence-electron chi connectivity index (χ3n) is 2.96. The lowest BCUT2D eigenvalue weighted by molar-refractivity contribution is 0.505. The summed E-state index contributed by atoms with van der Waals surface area (Å²) >= 11 is 0. The number of rotatable bonds is 3. The van der Waals surface area contributed by atoms with Crippen LogP contribution in [0.5, 0.6) is 0 Å². The molecule has 0 aliphatic rings. The first-order valence-corrected chi connectivity index (χ1v) is 6.31. The van der Waals surface area contributed by atoms with Gasteiger partial charge in [0.1, 0.15) is 17.2 Å². The van der Waals surface area contributed by atoms with Crippen molar-refractivity contribution in [2.75, 3.05) is 0 Å². The second-order valence-electron chi connectivity index (χ2n) is 4.49. The zero-order valence-corrected chi connectivity index (χ0v) is 11.3. The van der Waals surface area contributed by atoms with Crippen molar-refractivity contribution in [2.45, 2.75) is 13.8 Å². The van der Waals surface area contributed by atoms with E-state index in [2.05, 4.69) is 20.4 Å². The van der Waals surface area contributed by atoms with E-state index in [9.17, 15) is 0 Å². The Morgan fingerprint density at radius 1 is 1.10 bits per heavy atom. The lowest BCUT2D eigenvalue weighted by Crippen LogP contribution is -1.78. The van der Waals surface area contributed by atoms with E-state index in [0.29, 0.717) is 5.69 Å². The highest BCUT2D eigenvalue weighted by Crippen LogP contribution is 2.32. The summed E-state index contributed by atoms with van der Waals surface area (Å²) in [5.41, 5.74) is 3.28. The van der Waals surface area contributed by atoms with Crippen LogP contribution in [0.2, 0.25) is 0 Å². The van der Waals surface area contributed by atoms with Gasteiger partial charge in [0.05, 0.1) is 17.6 Å². The molecule has 0 unspecified atom stereocenters. The van der Waals surface area contributed by atoms with E-state index in [1.807, 2.05) is 50.2 Å². The lowest BCUT2D eigenvalue weighted by atomic mass is 10.1. The minimum atomic E-state index is 0.692. The molecule has 0 atom stereocenters. The molecule has 100 valence electrons. The quantitative estimate of drug-likeness (QED) is 0.698. The number of azo groups is 1. The van der Waals surface area contributed by atoms with Gasteiger partial charge in [0.2, 0.25) is 0 Å². The molecule has 0 spiro atoms. The van der Waals surface area contributed by atoms with Crippen molar-refractivity contribution >= 4 is 11.4 Å². The number of aromatic amines is 1. The summed E-state index contributed by atoms with van der Waals surface area (Å²) in [5.74, 6) is 1.70. The Kier molecular flexibility index (Phi) is 3.16. The van der Waals surface area contributed by atoms with Crippen molar-refractivity contribution in [3.63, 3.8) is 0 Å². The zero-order chi connectivity index (χ0) is 13.9. The standard InChI is InChI=1S/C15H14N4O/c1-10-8-13(11(2)20-10)15-14(9-16-19-15)18-17-12-6-4-3-5-7-12/h3-9H,1-2H3,(H,16,19). The molecule has 0 aliphatic carbocycles. The number of aromatic nitrogens is 2.